The molecule has 2 aromatic heterocycles. The SMILES string of the molecule is CCc1nn(Cc2ccn(C)n2)c(CC)c1C(C)NC. The Hall–Kier alpha value is -1.62. The fourth-order valence-corrected chi connectivity index (χ4v) is 2.68. The van der Waals surface area contributed by atoms with E-state index in [0.29, 0.717) is 6.04 Å². The molecule has 2 heterocycles. The zero-order valence-corrected chi connectivity index (χ0v) is 13.1. The van der Waals surface area contributed by atoms with E-state index in [4.69, 9.17) is 5.10 Å². The van der Waals surface area contributed by atoms with Gasteiger partial charge in [-0.25, -0.2) is 0 Å². The molecule has 0 aliphatic rings. The molecule has 5 nitrogen and oxygen atoms in total. The molecule has 0 aliphatic heterocycles. The van der Waals surface area contributed by atoms with Crippen LogP contribution >= 0.6 is 0 Å². The summed E-state index contributed by atoms with van der Waals surface area (Å²) in [5, 5.41) is 12.6. The van der Waals surface area contributed by atoms with Gasteiger partial charge in [-0.05, 0) is 32.9 Å². The van der Waals surface area contributed by atoms with E-state index in [0.717, 1.165) is 25.1 Å². The Balaban J connectivity index is 2.40. The minimum atomic E-state index is 0.331. The molecule has 0 amide bonds. The highest BCUT2D eigenvalue weighted by Crippen LogP contribution is 2.24. The van der Waals surface area contributed by atoms with Crippen LogP contribution in [0, 0.1) is 0 Å². The van der Waals surface area contributed by atoms with Crippen molar-refractivity contribution in [1.29, 1.82) is 0 Å². The summed E-state index contributed by atoms with van der Waals surface area (Å²) in [6, 6.07) is 2.38. The Bertz CT molecular complexity index is 567. The van der Waals surface area contributed by atoms with Gasteiger partial charge in [-0.2, -0.15) is 10.2 Å². The lowest BCUT2D eigenvalue weighted by atomic mass is 10.0. The fourth-order valence-electron chi connectivity index (χ4n) is 2.68. The van der Waals surface area contributed by atoms with Gasteiger partial charge in [-0.1, -0.05) is 13.8 Å². The summed E-state index contributed by atoms with van der Waals surface area (Å²) in [6.07, 6.45) is 3.92. The van der Waals surface area contributed by atoms with Crippen molar-refractivity contribution in [3.05, 3.63) is 34.9 Å². The molecular weight excluding hydrogens is 250 g/mol. The van der Waals surface area contributed by atoms with Crippen LogP contribution in [-0.4, -0.2) is 26.6 Å². The number of nitrogens with zero attached hydrogens (tertiary/aromatic N) is 4. The molecule has 1 unspecified atom stereocenters. The maximum Gasteiger partial charge on any atom is 0.0853 e. The van der Waals surface area contributed by atoms with Gasteiger partial charge in [0.25, 0.3) is 0 Å². The van der Waals surface area contributed by atoms with E-state index in [1.54, 1.807) is 0 Å². The maximum atomic E-state index is 4.80. The largest absolute Gasteiger partial charge is 0.313 e. The summed E-state index contributed by atoms with van der Waals surface area (Å²) < 4.78 is 3.95. The zero-order valence-electron chi connectivity index (χ0n) is 13.1. The molecule has 0 saturated carbocycles. The van der Waals surface area contributed by atoms with Crippen LogP contribution in [0.4, 0.5) is 0 Å². The Morgan fingerprint density at radius 3 is 2.50 bits per heavy atom. The molecule has 20 heavy (non-hydrogen) atoms. The van der Waals surface area contributed by atoms with Crippen LogP contribution in [0.1, 0.15) is 49.5 Å². The van der Waals surface area contributed by atoms with Gasteiger partial charge >= 0.3 is 0 Å². The number of aryl methyl sites for hydroxylation is 2. The topological polar surface area (TPSA) is 47.7 Å². The van der Waals surface area contributed by atoms with Crippen LogP contribution in [0.25, 0.3) is 0 Å². The Labute approximate surface area is 121 Å². The minimum absolute atomic E-state index is 0.331. The van der Waals surface area contributed by atoms with Gasteiger partial charge in [0, 0.05) is 30.5 Å². The summed E-state index contributed by atoms with van der Waals surface area (Å²) in [6.45, 7) is 7.30. The van der Waals surface area contributed by atoms with Crippen molar-refractivity contribution in [3.63, 3.8) is 0 Å². The second-order valence-electron chi connectivity index (χ2n) is 5.16. The predicted octanol–water partition coefficient (Wildman–Crippen LogP) is 2.07. The molecule has 2 aromatic rings. The highest BCUT2D eigenvalue weighted by atomic mass is 15.3. The third-order valence-electron chi connectivity index (χ3n) is 3.79. The van der Waals surface area contributed by atoms with Crippen molar-refractivity contribution in [2.75, 3.05) is 7.05 Å². The maximum absolute atomic E-state index is 4.80. The van der Waals surface area contributed by atoms with Crippen molar-refractivity contribution in [1.82, 2.24) is 24.9 Å². The summed E-state index contributed by atoms with van der Waals surface area (Å²) in [5.74, 6) is 0. The quantitative estimate of drug-likeness (QED) is 0.878. The van der Waals surface area contributed by atoms with Crippen LogP contribution in [0.3, 0.4) is 0 Å². The normalized spacial score (nSPS) is 12.8. The van der Waals surface area contributed by atoms with Crippen LogP contribution in [0.2, 0.25) is 0 Å². The molecule has 0 spiro atoms. The lowest BCUT2D eigenvalue weighted by molar-refractivity contribution is 0.606. The minimum Gasteiger partial charge on any atom is -0.313 e. The highest BCUT2D eigenvalue weighted by molar-refractivity contribution is 5.30. The Morgan fingerprint density at radius 1 is 1.25 bits per heavy atom. The van der Waals surface area contributed by atoms with Crippen molar-refractivity contribution in [2.24, 2.45) is 7.05 Å². The number of hydrogen-bond acceptors (Lipinski definition) is 3. The fraction of sp³-hybridized carbons (Fsp3) is 0.600. The Morgan fingerprint density at radius 2 is 2.00 bits per heavy atom. The molecule has 0 saturated heterocycles. The first-order valence-electron chi connectivity index (χ1n) is 7.34. The molecule has 0 bridgehead atoms. The molecular formula is C15H25N5. The van der Waals surface area contributed by atoms with Crippen LogP contribution in [0.5, 0.6) is 0 Å². The summed E-state index contributed by atoms with van der Waals surface area (Å²) in [4.78, 5) is 0. The predicted molar refractivity (Wildman–Crippen MR) is 80.8 cm³/mol. The van der Waals surface area contributed by atoms with Crippen LogP contribution < -0.4 is 5.32 Å². The third-order valence-corrected chi connectivity index (χ3v) is 3.79. The molecule has 5 heteroatoms. The first-order chi connectivity index (χ1) is 9.60. The lowest BCUT2D eigenvalue weighted by Crippen LogP contribution is -2.16. The van der Waals surface area contributed by atoms with Gasteiger partial charge in [0.05, 0.1) is 17.9 Å². The van der Waals surface area contributed by atoms with Gasteiger partial charge in [0.15, 0.2) is 0 Å². The summed E-state index contributed by atoms with van der Waals surface area (Å²) in [7, 11) is 3.94. The highest BCUT2D eigenvalue weighted by Gasteiger charge is 2.19. The van der Waals surface area contributed by atoms with E-state index >= 15 is 0 Å². The van der Waals surface area contributed by atoms with E-state index < -0.39 is 0 Å². The molecule has 0 radical (unpaired) electrons. The molecule has 1 N–H and O–H groups in total. The monoisotopic (exact) mass is 275 g/mol. The van der Waals surface area contributed by atoms with Crippen molar-refractivity contribution in [3.8, 4) is 0 Å². The molecule has 110 valence electrons. The van der Waals surface area contributed by atoms with E-state index in [1.807, 2.05) is 31.0 Å². The van der Waals surface area contributed by atoms with E-state index in [1.165, 1.54) is 17.0 Å². The van der Waals surface area contributed by atoms with Crippen molar-refractivity contribution in [2.45, 2.75) is 46.2 Å². The number of nitrogens with one attached hydrogen (secondary N) is 1. The summed E-state index contributed by atoms with van der Waals surface area (Å²) in [5.41, 5.74) is 4.92. The van der Waals surface area contributed by atoms with E-state index in [9.17, 15) is 0 Å². The number of hydrogen-bond donors (Lipinski definition) is 1. The molecule has 2 rings (SSSR count). The van der Waals surface area contributed by atoms with Gasteiger partial charge in [0.1, 0.15) is 0 Å². The van der Waals surface area contributed by atoms with Crippen molar-refractivity contribution < 1.29 is 0 Å². The zero-order chi connectivity index (χ0) is 14.7. The average molecular weight is 275 g/mol. The van der Waals surface area contributed by atoms with Gasteiger partial charge in [-0.3, -0.25) is 9.36 Å². The molecule has 1 atom stereocenters. The van der Waals surface area contributed by atoms with Gasteiger partial charge < -0.3 is 5.32 Å². The van der Waals surface area contributed by atoms with Crippen LogP contribution in [-0.2, 0) is 26.4 Å². The molecule has 0 aliphatic carbocycles. The molecule has 0 fully saturated rings. The Kier molecular flexibility index (Phi) is 4.60. The van der Waals surface area contributed by atoms with Gasteiger partial charge in [-0.15, -0.1) is 0 Å². The second kappa shape index (κ2) is 6.22. The third kappa shape index (κ3) is 2.77. The average Bonchev–Trinajstić information content (AvgIpc) is 3.01. The van der Waals surface area contributed by atoms with Crippen LogP contribution in [0.15, 0.2) is 12.3 Å². The first kappa shape index (κ1) is 14.8. The van der Waals surface area contributed by atoms with E-state index in [-0.39, 0.29) is 0 Å². The van der Waals surface area contributed by atoms with Crippen molar-refractivity contribution >= 4 is 0 Å². The van der Waals surface area contributed by atoms with E-state index in [2.05, 4.69) is 35.9 Å². The molecule has 0 aromatic carbocycles. The first-order valence-corrected chi connectivity index (χ1v) is 7.34. The standard InChI is InChI=1S/C15H25N5/c1-6-13-15(11(3)16-4)14(7-2)20(18-13)10-12-8-9-19(5)17-12/h8-9,11,16H,6-7,10H2,1-5H3. The number of rotatable bonds is 6. The van der Waals surface area contributed by atoms with Gasteiger partial charge in [0.2, 0.25) is 0 Å². The summed E-state index contributed by atoms with van der Waals surface area (Å²) >= 11 is 0. The smallest absolute Gasteiger partial charge is 0.0853 e. The second-order valence-corrected chi connectivity index (χ2v) is 5.16. The number of aromatic nitrogens is 4. The lowest BCUT2D eigenvalue weighted by Gasteiger charge is -2.13.